The molecule has 0 bridgehead atoms. The summed E-state index contributed by atoms with van der Waals surface area (Å²) < 4.78 is 5.32. The van der Waals surface area contributed by atoms with Crippen LogP contribution in [0.15, 0.2) is 12.2 Å². The number of methoxy groups -OCH3 is 1. The third kappa shape index (κ3) is 4.52. The van der Waals surface area contributed by atoms with E-state index in [-0.39, 0.29) is 12.7 Å². The molecule has 0 amide bonds. The van der Waals surface area contributed by atoms with Crippen LogP contribution in [0.1, 0.15) is 26.7 Å². The van der Waals surface area contributed by atoms with Gasteiger partial charge in [0.2, 0.25) is 0 Å². The molecule has 0 saturated heterocycles. The van der Waals surface area contributed by atoms with Crippen molar-refractivity contribution in [3.63, 3.8) is 0 Å². The lowest BCUT2D eigenvalue weighted by Crippen LogP contribution is -2.18. The van der Waals surface area contributed by atoms with Crippen LogP contribution in [0.25, 0.3) is 0 Å². The van der Waals surface area contributed by atoms with E-state index < -0.39 is 0 Å². The zero-order valence-corrected chi connectivity index (χ0v) is 8.29. The smallest absolute Gasteiger partial charge is 0.0631 e. The molecule has 0 fully saturated rings. The minimum absolute atomic E-state index is 0.122. The van der Waals surface area contributed by atoms with E-state index in [9.17, 15) is 0 Å². The Balaban J connectivity index is 3.74. The molecule has 0 aromatic heterocycles. The van der Waals surface area contributed by atoms with Crippen LogP contribution in [-0.2, 0) is 4.74 Å². The first-order valence-electron chi connectivity index (χ1n) is 4.54. The monoisotopic (exact) mass is 172 g/mol. The number of hydrogen-bond donors (Lipinski definition) is 1. The molecule has 0 radical (unpaired) electrons. The van der Waals surface area contributed by atoms with Gasteiger partial charge in [-0.2, -0.15) is 0 Å². The van der Waals surface area contributed by atoms with Gasteiger partial charge in [0.05, 0.1) is 12.7 Å². The zero-order valence-electron chi connectivity index (χ0n) is 8.29. The fraction of sp³-hybridized carbons (Fsp3) is 0.800. The van der Waals surface area contributed by atoms with Crippen LogP contribution < -0.4 is 0 Å². The number of rotatable bonds is 6. The molecule has 0 saturated carbocycles. The predicted molar refractivity (Wildman–Crippen MR) is 51.1 cm³/mol. The second-order valence-electron chi connectivity index (χ2n) is 3.05. The van der Waals surface area contributed by atoms with E-state index in [0.717, 1.165) is 12.8 Å². The third-order valence-electron chi connectivity index (χ3n) is 2.22. The maximum Gasteiger partial charge on any atom is 0.0631 e. The van der Waals surface area contributed by atoms with Crippen LogP contribution in [0.3, 0.4) is 0 Å². The number of aliphatic hydroxyl groups is 1. The summed E-state index contributed by atoms with van der Waals surface area (Å²) >= 11 is 0. The molecule has 72 valence electrons. The van der Waals surface area contributed by atoms with Gasteiger partial charge in [0.1, 0.15) is 0 Å². The molecule has 0 heterocycles. The highest BCUT2D eigenvalue weighted by Gasteiger charge is 2.12. The van der Waals surface area contributed by atoms with Crippen LogP contribution in [0, 0.1) is 5.92 Å². The summed E-state index contributed by atoms with van der Waals surface area (Å²) in [6, 6.07) is 0. The summed E-state index contributed by atoms with van der Waals surface area (Å²) in [4.78, 5) is 0. The Morgan fingerprint density at radius 2 is 2.08 bits per heavy atom. The standard InChI is InChI=1S/C10H20O2/c1-4-9(2)10(12-3)7-5-6-8-11/h5-6,9-11H,4,7-8H2,1-3H3. The van der Waals surface area contributed by atoms with E-state index in [1.807, 2.05) is 6.08 Å². The number of aliphatic hydroxyl groups excluding tert-OH is 1. The van der Waals surface area contributed by atoms with Crippen molar-refractivity contribution in [1.29, 1.82) is 0 Å². The van der Waals surface area contributed by atoms with Gasteiger partial charge < -0.3 is 9.84 Å². The van der Waals surface area contributed by atoms with Crippen molar-refractivity contribution >= 4 is 0 Å². The Morgan fingerprint density at radius 3 is 2.50 bits per heavy atom. The van der Waals surface area contributed by atoms with Crippen LogP contribution in [0.5, 0.6) is 0 Å². The minimum Gasteiger partial charge on any atom is -0.392 e. The van der Waals surface area contributed by atoms with Crippen LogP contribution >= 0.6 is 0 Å². The van der Waals surface area contributed by atoms with Crippen molar-refractivity contribution in [3.8, 4) is 0 Å². The zero-order chi connectivity index (χ0) is 9.40. The van der Waals surface area contributed by atoms with E-state index in [0.29, 0.717) is 5.92 Å². The molecule has 0 aliphatic heterocycles. The molecule has 2 heteroatoms. The van der Waals surface area contributed by atoms with Gasteiger partial charge in [0.15, 0.2) is 0 Å². The Bertz CT molecular complexity index is 121. The van der Waals surface area contributed by atoms with Gasteiger partial charge >= 0.3 is 0 Å². The van der Waals surface area contributed by atoms with Gasteiger partial charge in [0, 0.05) is 7.11 Å². The van der Waals surface area contributed by atoms with Crippen LogP contribution in [0.4, 0.5) is 0 Å². The van der Waals surface area contributed by atoms with Crippen molar-refractivity contribution in [2.24, 2.45) is 5.92 Å². The Hall–Kier alpha value is -0.340. The van der Waals surface area contributed by atoms with Gasteiger partial charge in [-0.1, -0.05) is 32.4 Å². The second kappa shape index (κ2) is 7.32. The van der Waals surface area contributed by atoms with E-state index >= 15 is 0 Å². The van der Waals surface area contributed by atoms with E-state index in [1.54, 1.807) is 13.2 Å². The lowest BCUT2D eigenvalue weighted by atomic mass is 9.99. The SMILES string of the molecule is CCC(C)C(CC=CCO)OC. The largest absolute Gasteiger partial charge is 0.392 e. The average molecular weight is 172 g/mol. The summed E-state index contributed by atoms with van der Waals surface area (Å²) in [6.45, 7) is 4.46. The van der Waals surface area contributed by atoms with E-state index in [1.165, 1.54) is 0 Å². The Kier molecular flexibility index (Phi) is 7.11. The van der Waals surface area contributed by atoms with E-state index in [4.69, 9.17) is 9.84 Å². The van der Waals surface area contributed by atoms with Crippen LogP contribution in [-0.4, -0.2) is 24.9 Å². The van der Waals surface area contributed by atoms with Gasteiger partial charge in [-0.05, 0) is 12.3 Å². The topological polar surface area (TPSA) is 29.5 Å². The van der Waals surface area contributed by atoms with Gasteiger partial charge in [-0.15, -0.1) is 0 Å². The molecule has 2 nitrogen and oxygen atoms in total. The highest BCUT2D eigenvalue weighted by atomic mass is 16.5. The molecule has 0 aromatic carbocycles. The summed E-state index contributed by atoms with van der Waals surface area (Å²) in [5.41, 5.74) is 0. The first-order valence-corrected chi connectivity index (χ1v) is 4.54. The average Bonchev–Trinajstić information content (AvgIpc) is 2.11. The van der Waals surface area contributed by atoms with Crippen molar-refractivity contribution in [1.82, 2.24) is 0 Å². The summed E-state index contributed by atoms with van der Waals surface area (Å²) in [5.74, 6) is 0.582. The lowest BCUT2D eigenvalue weighted by molar-refractivity contribution is 0.0595. The highest BCUT2D eigenvalue weighted by molar-refractivity contribution is 4.85. The molecule has 1 N–H and O–H groups in total. The molecular weight excluding hydrogens is 152 g/mol. The van der Waals surface area contributed by atoms with Gasteiger partial charge in [-0.25, -0.2) is 0 Å². The molecule has 12 heavy (non-hydrogen) atoms. The van der Waals surface area contributed by atoms with Crippen LogP contribution in [0.2, 0.25) is 0 Å². The Labute approximate surface area is 75.2 Å². The number of ether oxygens (including phenoxy) is 1. The first-order chi connectivity index (χ1) is 5.76. The normalized spacial score (nSPS) is 16.7. The maximum absolute atomic E-state index is 8.52. The van der Waals surface area contributed by atoms with Gasteiger partial charge in [0.25, 0.3) is 0 Å². The second-order valence-corrected chi connectivity index (χ2v) is 3.05. The first kappa shape index (κ1) is 11.7. The van der Waals surface area contributed by atoms with Gasteiger partial charge in [-0.3, -0.25) is 0 Å². The third-order valence-corrected chi connectivity index (χ3v) is 2.22. The summed E-state index contributed by atoms with van der Waals surface area (Å²) in [6.07, 6.45) is 6.05. The van der Waals surface area contributed by atoms with Crippen molar-refractivity contribution in [2.45, 2.75) is 32.8 Å². The molecule has 2 atom stereocenters. The molecular formula is C10H20O2. The summed E-state index contributed by atoms with van der Waals surface area (Å²) in [5, 5.41) is 8.52. The van der Waals surface area contributed by atoms with Crippen molar-refractivity contribution < 1.29 is 9.84 Å². The molecule has 0 aliphatic rings. The maximum atomic E-state index is 8.52. The Morgan fingerprint density at radius 1 is 1.42 bits per heavy atom. The van der Waals surface area contributed by atoms with Crippen molar-refractivity contribution in [2.75, 3.05) is 13.7 Å². The van der Waals surface area contributed by atoms with Crippen molar-refractivity contribution in [3.05, 3.63) is 12.2 Å². The molecule has 0 aromatic rings. The molecule has 0 rings (SSSR count). The van der Waals surface area contributed by atoms with E-state index in [2.05, 4.69) is 13.8 Å². The molecule has 0 aliphatic carbocycles. The summed E-state index contributed by atoms with van der Waals surface area (Å²) in [7, 11) is 1.74. The fourth-order valence-corrected chi connectivity index (χ4v) is 1.13. The highest BCUT2D eigenvalue weighted by Crippen LogP contribution is 2.14. The molecule has 0 spiro atoms. The predicted octanol–water partition coefficient (Wildman–Crippen LogP) is 1.99. The molecule has 2 unspecified atom stereocenters. The minimum atomic E-state index is 0.122. The quantitative estimate of drug-likeness (QED) is 0.621. The number of hydrogen-bond acceptors (Lipinski definition) is 2. The lowest BCUT2D eigenvalue weighted by Gasteiger charge is -2.19. The fourth-order valence-electron chi connectivity index (χ4n) is 1.13.